The van der Waals surface area contributed by atoms with Gasteiger partial charge in [-0.1, -0.05) is 0 Å². The van der Waals surface area contributed by atoms with E-state index in [2.05, 4.69) is 0 Å². The minimum absolute atomic E-state index is 0.818. The fourth-order valence-corrected chi connectivity index (χ4v) is 4.65. The van der Waals surface area contributed by atoms with Crippen LogP contribution in [0.5, 0.6) is 0 Å². The Bertz CT molecular complexity index is 409. The third-order valence-electron chi connectivity index (χ3n) is 2.71. The Morgan fingerprint density at radius 2 is 0.842 bits per heavy atom. The Balaban J connectivity index is 2.43. The molecular weight excluding hydrogens is 359 g/mol. The molecule has 0 aliphatic heterocycles. The minimum atomic E-state index is -4.72. The molecule has 7 heteroatoms. The van der Waals surface area contributed by atoms with Crippen LogP contribution in [0.1, 0.15) is 0 Å². The van der Waals surface area contributed by atoms with Crippen LogP contribution in [-0.4, -0.2) is 12.4 Å². The second-order valence-corrected chi connectivity index (χ2v) is 7.33. The first-order valence-electron chi connectivity index (χ1n) is 5.14. The Morgan fingerprint density at radius 1 is 0.579 bits per heavy atom. The molecule has 0 unspecified atom stereocenters. The van der Waals surface area contributed by atoms with Crippen LogP contribution >= 0.6 is 0 Å². The van der Waals surface area contributed by atoms with Crippen LogP contribution in [0.2, 0.25) is 8.02 Å². The zero-order valence-electron chi connectivity index (χ0n) is 9.24. The fourth-order valence-electron chi connectivity index (χ4n) is 1.72. The number of rotatable bonds is 2. The van der Waals surface area contributed by atoms with Gasteiger partial charge in [0.2, 0.25) is 0 Å². The van der Waals surface area contributed by atoms with Crippen LogP contribution in [0.4, 0.5) is 26.3 Å². The molecule has 2 aliphatic carbocycles. The first-order chi connectivity index (χ1) is 8.62. The molecule has 0 heterocycles. The summed E-state index contributed by atoms with van der Waals surface area (Å²) < 4.78 is 73.8. The van der Waals surface area contributed by atoms with E-state index in [0.717, 1.165) is 48.6 Å². The second kappa shape index (κ2) is 4.33. The van der Waals surface area contributed by atoms with Gasteiger partial charge >= 0.3 is 112 Å². The van der Waals surface area contributed by atoms with Gasteiger partial charge in [0.1, 0.15) is 0 Å². The molecule has 0 aromatic heterocycles. The Morgan fingerprint density at radius 3 is 1.05 bits per heavy atom. The van der Waals surface area contributed by atoms with Gasteiger partial charge in [-0.2, -0.15) is 0 Å². The molecule has 2 aliphatic rings. The summed E-state index contributed by atoms with van der Waals surface area (Å²) in [6.07, 6.45) is -1.59. The van der Waals surface area contributed by atoms with E-state index in [4.69, 9.17) is 0 Å². The van der Waals surface area contributed by atoms with Crippen molar-refractivity contribution < 1.29 is 43.5 Å². The molecule has 106 valence electrons. The van der Waals surface area contributed by atoms with E-state index in [1.165, 1.54) is 0 Å². The Hall–Kier alpha value is -0.837. The van der Waals surface area contributed by atoms with Crippen molar-refractivity contribution in [2.45, 2.75) is 20.4 Å². The molecule has 19 heavy (non-hydrogen) atoms. The summed E-state index contributed by atoms with van der Waals surface area (Å²) in [6.45, 7) is 0. The molecule has 2 rings (SSSR count). The van der Waals surface area contributed by atoms with Gasteiger partial charge < -0.3 is 0 Å². The van der Waals surface area contributed by atoms with Crippen molar-refractivity contribution in [3.05, 3.63) is 48.6 Å². The summed E-state index contributed by atoms with van der Waals surface area (Å²) in [5.41, 5.74) is 0. The molecule has 0 spiro atoms. The average Bonchev–Trinajstić information content (AvgIpc) is 2.86. The fraction of sp³-hybridized carbons (Fsp3) is 0.333. The van der Waals surface area contributed by atoms with E-state index in [-0.39, 0.29) is 0 Å². The normalized spacial score (nSPS) is 23.7. The van der Waals surface area contributed by atoms with Crippen LogP contribution in [0.3, 0.4) is 0 Å². The van der Waals surface area contributed by atoms with E-state index in [9.17, 15) is 26.3 Å². The van der Waals surface area contributed by atoms with Crippen LogP contribution < -0.4 is 0 Å². The predicted molar refractivity (Wildman–Crippen MR) is 54.1 cm³/mol. The molecule has 0 aromatic carbocycles. The van der Waals surface area contributed by atoms with Gasteiger partial charge in [0.05, 0.1) is 0 Å². The summed E-state index contributed by atoms with van der Waals surface area (Å²) in [5, 5.41) is 0. The van der Waals surface area contributed by atoms with E-state index in [1.54, 1.807) is 0 Å². The average molecular weight is 367 g/mol. The van der Waals surface area contributed by atoms with Crippen molar-refractivity contribution in [1.29, 1.82) is 0 Å². The number of hydrogen-bond acceptors (Lipinski definition) is 0. The van der Waals surface area contributed by atoms with Crippen molar-refractivity contribution in [2.75, 3.05) is 0 Å². The topological polar surface area (TPSA) is 0 Å². The van der Waals surface area contributed by atoms with Crippen LogP contribution in [0.25, 0.3) is 0 Å². The SMILES string of the molecule is FC(F)(F)[C]1([Ru][C]2(C(F)(F)F)C=CC=C2)C=CC=C1. The number of halogens is 6. The van der Waals surface area contributed by atoms with Gasteiger partial charge in [0.25, 0.3) is 0 Å². The van der Waals surface area contributed by atoms with E-state index in [1.807, 2.05) is 0 Å². The van der Waals surface area contributed by atoms with Crippen molar-refractivity contribution >= 4 is 0 Å². The standard InChI is InChI=1S/2C6H4F3.Ru/c2*7-6(8,9)5-3-1-2-4-5;/h2*1-4H;. The molecule has 0 nitrogen and oxygen atoms in total. The summed E-state index contributed by atoms with van der Waals surface area (Å²) in [7, 11) is 0. The van der Waals surface area contributed by atoms with Crippen LogP contribution in [0.15, 0.2) is 48.6 Å². The predicted octanol–water partition coefficient (Wildman–Crippen LogP) is 4.76. The van der Waals surface area contributed by atoms with E-state index in [0.29, 0.717) is 0 Å². The summed E-state index contributed by atoms with van der Waals surface area (Å²) in [6, 6.07) is 0. The maximum absolute atomic E-state index is 13.1. The Labute approximate surface area is 113 Å². The van der Waals surface area contributed by atoms with Gasteiger partial charge in [-0.3, -0.25) is 0 Å². The molecule has 0 amide bonds. The zero-order valence-corrected chi connectivity index (χ0v) is 11.0. The summed E-state index contributed by atoms with van der Waals surface area (Å²) >= 11 is -2.11. The third-order valence-corrected chi connectivity index (χ3v) is 6.29. The van der Waals surface area contributed by atoms with Crippen molar-refractivity contribution in [3.63, 3.8) is 0 Å². The van der Waals surface area contributed by atoms with Gasteiger partial charge in [0.15, 0.2) is 0 Å². The van der Waals surface area contributed by atoms with Crippen LogP contribution in [-0.2, 0) is 17.1 Å². The van der Waals surface area contributed by atoms with E-state index < -0.39 is 37.5 Å². The quantitative estimate of drug-likeness (QED) is 0.488. The van der Waals surface area contributed by atoms with Gasteiger partial charge in [-0.15, -0.1) is 0 Å². The molecule has 0 bridgehead atoms. The maximum atomic E-state index is 13.1. The van der Waals surface area contributed by atoms with Gasteiger partial charge in [0, 0.05) is 0 Å². The zero-order chi connectivity index (χ0) is 14.4. The monoisotopic (exact) mass is 368 g/mol. The first kappa shape index (κ1) is 14.6. The number of allylic oxidation sites excluding steroid dienone is 8. The van der Waals surface area contributed by atoms with Crippen molar-refractivity contribution in [3.8, 4) is 0 Å². The molecule has 0 fully saturated rings. The molecule has 0 saturated carbocycles. The van der Waals surface area contributed by atoms with Gasteiger partial charge in [-0.05, 0) is 0 Å². The number of hydrogen-bond donors (Lipinski definition) is 0. The summed E-state index contributed by atoms with van der Waals surface area (Å²) in [4.78, 5) is 0. The van der Waals surface area contributed by atoms with Crippen LogP contribution in [0, 0.1) is 0 Å². The molecule has 0 radical (unpaired) electrons. The summed E-state index contributed by atoms with van der Waals surface area (Å²) in [5.74, 6) is 0. The molecule has 0 aromatic rings. The molecular formula is C12H8F6Ru. The van der Waals surface area contributed by atoms with Gasteiger partial charge in [-0.25, -0.2) is 0 Å². The second-order valence-electron chi connectivity index (χ2n) is 4.02. The first-order valence-corrected chi connectivity index (χ1v) is 6.88. The molecule has 0 N–H and O–H groups in total. The van der Waals surface area contributed by atoms with Crippen molar-refractivity contribution in [1.82, 2.24) is 0 Å². The van der Waals surface area contributed by atoms with Crippen molar-refractivity contribution in [2.24, 2.45) is 0 Å². The molecule has 0 atom stereocenters. The third kappa shape index (κ3) is 2.33. The number of alkyl halides is 6. The Kier molecular flexibility index (Phi) is 3.32. The molecule has 0 saturated heterocycles. The van der Waals surface area contributed by atoms with E-state index >= 15 is 0 Å².